The molecule has 2 rings (SSSR count). The summed E-state index contributed by atoms with van der Waals surface area (Å²) in [5.41, 5.74) is 2.45. The minimum absolute atomic E-state index is 0.00144. The van der Waals surface area contributed by atoms with Gasteiger partial charge in [0.2, 0.25) is 0 Å². The maximum Gasteiger partial charge on any atom is 0.265 e. The van der Waals surface area contributed by atoms with Crippen molar-refractivity contribution in [3.63, 3.8) is 0 Å². The lowest BCUT2D eigenvalue weighted by molar-refractivity contribution is 0.0769. The summed E-state index contributed by atoms with van der Waals surface area (Å²) in [5, 5.41) is 9.31. The number of β-amino-alcohol motifs (C(OH)–C–C–N with tert-alkyl or cyclic N) is 1. The van der Waals surface area contributed by atoms with Crippen molar-refractivity contribution in [1.82, 2.24) is 9.88 Å². The summed E-state index contributed by atoms with van der Waals surface area (Å²) in [6, 6.07) is 0. The van der Waals surface area contributed by atoms with Crippen LogP contribution in [-0.2, 0) is 0 Å². The van der Waals surface area contributed by atoms with Crippen molar-refractivity contribution in [3.05, 3.63) is 16.1 Å². The van der Waals surface area contributed by atoms with E-state index in [1.54, 1.807) is 10.4 Å². The molecule has 2 heterocycles. The average molecular weight is 212 g/mol. The maximum absolute atomic E-state index is 11.9. The molecule has 1 aliphatic rings. The Labute approximate surface area is 86.2 Å². The van der Waals surface area contributed by atoms with E-state index in [4.69, 9.17) is 0 Å². The number of likely N-dealkylation sites (tertiary alicyclic amines) is 1. The first kappa shape index (κ1) is 9.61. The van der Waals surface area contributed by atoms with E-state index >= 15 is 0 Å². The number of aryl methyl sites for hydroxylation is 1. The van der Waals surface area contributed by atoms with Gasteiger partial charge in [-0.05, 0) is 13.3 Å². The molecule has 0 radical (unpaired) electrons. The molecule has 1 saturated heterocycles. The van der Waals surface area contributed by atoms with Gasteiger partial charge in [0.05, 0.1) is 17.3 Å². The number of hydrogen-bond acceptors (Lipinski definition) is 4. The molecule has 1 aromatic heterocycles. The summed E-state index contributed by atoms with van der Waals surface area (Å²) in [7, 11) is 0. The number of thiazole rings is 1. The molecule has 4 nitrogen and oxygen atoms in total. The molecule has 14 heavy (non-hydrogen) atoms. The Kier molecular flexibility index (Phi) is 2.52. The van der Waals surface area contributed by atoms with Crippen LogP contribution in [0.1, 0.15) is 21.8 Å². The van der Waals surface area contributed by atoms with Gasteiger partial charge in [0, 0.05) is 13.1 Å². The highest BCUT2D eigenvalue weighted by Gasteiger charge is 2.27. The number of carbonyl (C=O) groups excluding carboxylic acids is 1. The Balaban J connectivity index is 2.13. The first-order chi connectivity index (χ1) is 6.68. The summed E-state index contributed by atoms with van der Waals surface area (Å²) >= 11 is 1.36. The van der Waals surface area contributed by atoms with Crippen molar-refractivity contribution in [2.24, 2.45) is 0 Å². The molecular formula is C9H12N2O2S. The molecule has 1 aromatic rings. The Morgan fingerprint density at radius 1 is 1.79 bits per heavy atom. The van der Waals surface area contributed by atoms with Gasteiger partial charge in [-0.15, -0.1) is 11.3 Å². The zero-order valence-corrected chi connectivity index (χ0v) is 8.75. The molecule has 1 aliphatic heterocycles. The van der Waals surface area contributed by atoms with Crippen molar-refractivity contribution in [3.8, 4) is 0 Å². The monoisotopic (exact) mass is 212 g/mol. The minimum Gasteiger partial charge on any atom is -0.391 e. The van der Waals surface area contributed by atoms with Gasteiger partial charge < -0.3 is 10.0 Å². The standard InChI is InChI=1S/C9H12N2O2S/c1-6-8(14-5-10-6)9(13)11-3-2-7(12)4-11/h5,7,12H,2-4H2,1H3/t7-/m1/s1. The van der Waals surface area contributed by atoms with Crippen molar-refractivity contribution in [1.29, 1.82) is 0 Å². The first-order valence-electron chi connectivity index (χ1n) is 4.56. The molecular weight excluding hydrogens is 200 g/mol. The number of aliphatic hydroxyl groups is 1. The highest BCUT2D eigenvalue weighted by molar-refractivity contribution is 7.11. The molecule has 1 fully saturated rings. The van der Waals surface area contributed by atoms with Crippen LogP contribution in [0.3, 0.4) is 0 Å². The largest absolute Gasteiger partial charge is 0.391 e. The van der Waals surface area contributed by atoms with Gasteiger partial charge in [-0.1, -0.05) is 0 Å². The molecule has 0 bridgehead atoms. The van der Waals surface area contributed by atoms with E-state index in [2.05, 4.69) is 4.98 Å². The second-order valence-electron chi connectivity index (χ2n) is 3.46. The Hall–Kier alpha value is -0.940. The second-order valence-corrected chi connectivity index (χ2v) is 4.32. The van der Waals surface area contributed by atoms with E-state index in [0.717, 1.165) is 5.69 Å². The van der Waals surface area contributed by atoms with Crippen molar-refractivity contribution < 1.29 is 9.90 Å². The summed E-state index contributed by atoms with van der Waals surface area (Å²) < 4.78 is 0. The minimum atomic E-state index is -0.354. The fraction of sp³-hybridized carbons (Fsp3) is 0.556. The summed E-state index contributed by atoms with van der Waals surface area (Å²) in [6.07, 6.45) is 0.330. The lowest BCUT2D eigenvalue weighted by atomic mass is 10.3. The Morgan fingerprint density at radius 3 is 3.07 bits per heavy atom. The van der Waals surface area contributed by atoms with E-state index in [-0.39, 0.29) is 12.0 Å². The molecule has 5 heteroatoms. The molecule has 1 N–H and O–H groups in total. The quantitative estimate of drug-likeness (QED) is 0.744. The molecule has 0 unspecified atom stereocenters. The summed E-state index contributed by atoms with van der Waals surface area (Å²) in [5.74, 6) is 0.00144. The Morgan fingerprint density at radius 2 is 2.57 bits per heavy atom. The highest BCUT2D eigenvalue weighted by atomic mass is 32.1. The van der Waals surface area contributed by atoms with Crippen LogP contribution in [-0.4, -0.2) is 40.1 Å². The zero-order chi connectivity index (χ0) is 10.1. The van der Waals surface area contributed by atoms with Crippen LogP contribution in [0.25, 0.3) is 0 Å². The predicted octanol–water partition coefficient (Wildman–Crippen LogP) is 0.658. The third-order valence-electron chi connectivity index (χ3n) is 2.39. The molecule has 0 spiro atoms. The third-order valence-corrected chi connectivity index (χ3v) is 3.31. The lowest BCUT2D eigenvalue weighted by Gasteiger charge is -2.14. The van der Waals surface area contributed by atoms with Crippen molar-refractivity contribution in [2.45, 2.75) is 19.4 Å². The van der Waals surface area contributed by atoms with E-state index in [1.165, 1.54) is 11.3 Å². The fourth-order valence-corrected chi connectivity index (χ4v) is 2.35. The van der Waals surface area contributed by atoms with Gasteiger partial charge in [-0.25, -0.2) is 4.98 Å². The van der Waals surface area contributed by atoms with Crippen molar-refractivity contribution >= 4 is 17.2 Å². The van der Waals surface area contributed by atoms with Crippen LogP contribution in [0.5, 0.6) is 0 Å². The molecule has 1 amide bonds. The van der Waals surface area contributed by atoms with E-state index in [9.17, 15) is 9.90 Å². The van der Waals surface area contributed by atoms with E-state index in [0.29, 0.717) is 24.4 Å². The zero-order valence-electron chi connectivity index (χ0n) is 7.93. The van der Waals surface area contributed by atoms with Crippen LogP contribution in [0.15, 0.2) is 5.51 Å². The van der Waals surface area contributed by atoms with E-state index in [1.807, 2.05) is 6.92 Å². The predicted molar refractivity (Wildman–Crippen MR) is 53.4 cm³/mol. The van der Waals surface area contributed by atoms with Gasteiger partial charge in [-0.3, -0.25) is 4.79 Å². The van der Waals surface area contributed by atoms with Gasteiger partial charge >= 0.3 is 0 Å². The number of amides is 1. The summed E-state index contributed by atoms with van der Waals surface area (Å²) in [6.45, 7) is 2.93. The fourth-order valence-electron chi connectivity index (χ4n) is 1.58. The van der Waals surface area contributed by atoms with Crippen molar-refractivity contribution in [2.75, 3.05) is 13.1 Å². The normalized spacial score (nSPS) is 21.6. The topological polar surface area (TPSA) is 53.4 Å². The lowest BCUT2D eigenvalue weighted by Crippen LogP contribution is -2.29. The molecule has 0 aliphatic carbocycles. The first-order valence-corrected chi connectivity index (χ1v) is 5.44. The molecule has 0 aromatic carbocycles. The third kappa shape index (κ3) is 1.65. The van der Waals surface area contributed by atoms with Crippen LogP contribution in [0, 0.1) is 6.92 Å². The molecule has 1 atom stereocenters. The average Bonchev–Trinajstić information content (AvgIpc) is 2.73. The number of carbonyl (C=O) groups is 1. The second kappa shape index (κ2) is 3.67. The number of hydrogen-bond donors (Lipinski definition) is 1. The maximum atomic E-state index is 11.9. The van der Waals surface area contributed by atoms with Gasteiger partial charge in [0.1, 0.15) is 4.88 Å². The SMILES string of the molecule is Cc1ncsc1C(=O)N1CC[C@@H](O)C1. The highest BCUT2D eigenvalue weighted by Crippen LogP contribution is 2.18. The van der Waals surface area contributed by atoms with Crippen LogP contribution < -0.4 is 0 Å². The molecule has 0 saturated carbocycles. The summed E-state index contributed by atoms with van der Waals surface area (Å²) in [4.78, 5) is 18.3. The van der Waals surface area contributed by atoms with Gasteiger partial charge in [0.15, 0.2) is 0 Å². The number of aromatic nitrogens is 1. The Bertz CT molecular complexity index is 350. The molecule has 76 valence electrons. The van der Waals surface area contributed by atoms with Crippen LogP contribution >= 0.6 is 11.3 Å². The number of aliphatic hydroxyl groups excluding tert-OH is 1. The smallest absolute Gasteiger partial charge is 0.265 e. The number of rotatable bonds is 1. The van der Waals surface area contributed by atoms with Gasteiger partial charge in [0.25, 0.3) is 5.91 Å². The van der Waals surface area contributed by atoms with Gasteiger partial charge in [-0.2, -0.15) is 0 Å². The number of nitrogens with zero attached hydrogens (tertiary/aromatic N) is 2. The van der Waals surface area contributed by atoms with Crippen LogP contribution in [0.2, 0.25) is 0 Å². The van der Waals surface area contributed by atoms with Crippen LogP contribution in [0.4, 0.5) is 0 Å². The van der Waals surface area contributed by atoms with E-state index < -0.39 is 0 Å².